The van der Waals surface area contributed by atoms with Gasteiger partial charge in [0.2, 0.25) is 0 Å². The van der Waals surface area contributed by atoms with Crippen LogP contribution in [-0.2, 0) is 6.42 Å². The summed E-state index contributed by atoms with van der Waals surface area (Å²) in [6.07, 6.45) is 3.49. The van der Waals surface area contributed by atoms with Gasteiger partial charge in [-0.25, -0.2) is 0 Å². The van der Waals surface area contributed by atoms with Crippen molar-refractivity contribution in [2.75, 3.05) is 6.26 Å². The van der Waals surface area contributed by atoms with Crippen LogP contribution in [0.4, 0.5) is 0 Å². The first-order valence-electron chi connectivity index (χ1n) is 3.97. The van der Waals surface area contributed by atoms with Crippen LogP contribution in [0, 0.1) is 11.3 Å². The highest BCUT2D eigenvalue weighted by Gasteiger charge is 1.99. The Morgan fingerprint density at radius 3 is 2.92 bits per heavy atom. The molecule has 0 saturated heterocycles. The summed E-state index contributed by atoms with van der Waals surface area (Å²) in [6.45, 7) is 0. The predicted molar refractivity (Wildman–Crippen MR) is 59.9 cm³/mol. The molecule has 0 aliphatic carbocycles. The Bertz CT molecular complexity index is 330. The van der Waals surface area contributed by atoms with E-state index in [1.807, 2.05) is 12.3 Å². The molecule has 1 nitrogen and oxygen atoms in total. The summed E-state index contributed by atoms with van der Waals surface area (Å²) >= 11 is 5.19. The average Bonchev–Trinajstić information content (AvgIpc) is 2.16. The summed E-state index contributed by atoms with van der Waals surface area (Å²) in [5.41, 5.74) is 1.23. The van der Waals surface area contributed by atoms with Gasteiger partial charge in [0.15, 0.2) is 0 Å². The van der Waals surface area contributed by atoms with Crippen molar-refractivity contribution >= 4 is 27.7 Å². The zero-order valence-electron chi connectivity index (χ0n) is 7.38. The highest BCUT2D eigenvalue weighted by molar-refractivity contribution is 9.10. The van der Waals surface area contributed by atoms with Crippen LogP contribution in [0.1, 0.15) is 12.0 Å². The normalized spacial score (nSPS) is 9.62. The first kappa shape index (κ1) is 10.6. The van der Waals surface area contributed by atoms with Crippen LogP contribution in [0.25, 0.3) is 0 Å². The average molecular weight is 256 g/mol. The molecule has 0 N–H and O–H groups in total. The van der Waals surface area contributed by atoms with Gasteiger partial charge in [-0.15, -0.1) is 11.8 Å². The molecule has 1 aromatic carbocycles. The lowest BCUT2D eigenvalue weighted by atomic mass is 10.1. The fourth-order valence-electron chi connectivity index (χ4n) is 1.06. The summed E-state index contributed by atoms with van der Waals surface area (Å²) in [5.74, 6) is 0. The largest absolute Gasteiger partial charge is 0.198 e. The Kier molecular flexibility index (Phi) is 4.34. The lowest BCUT2D eigenvalue weighted by Gasteiger charge is -2.03. The lowest BCUT2D eigenvalue weighted by molar-refractivity contribution is 1.00. The van der Waals surface area contributed by atoms with Gasteiger partial charge in [-0.1, -0.05) is 6.07 Å². The van der Waals surface area contributed by atoms with Gasteiger partial charge in [-0.3, -0.25) is 0 Å². The maximum Gasteiger partial charge on any atom is 0.0625 e. The van der Waals surface area contributed by atoms with Crippen molar-refractivity contribution in [1.29, 1.82) is 5.26 Å². The SMILES string of the molecule is CSc1cc(CCC#N)ccc1Br. The summed E-state index contributed by atoms with van der Waals surface area (Å²) in [6, 6.07) is 8.38. The van der Waals surface area contributed by atoms with E-state index in [0.717, 1.165) is 10.9 Å². The topological polar surface area (TPSA) is 23.8 Å². The van der Waals surface area contributed by atoms with Crippen molar-refractivity contribution in [3.05, 3.63) is 28.2 Å². The molecule has 0 aromatic heterocycles. The van der Waals surface area contributed by atoms with Gasteiger partial charge in [0, 0.05) is 15.8 Å². The van der Waals surface area contributed by atoms with E-state index in [1.165, 1.54) is 10.5 Å². The molecule has 0 saturated carbocycles. The van der Waals surface area contributed by atoms with Crippen LogP contribution >= 0.6 is 27.7 Å². The van der Waals surface area contributed by atoms with Crippen LogP contribution < -0.4 is 0 Å². The van der Waals surface area contributed by atoms with E-state index < -0.39 is 0 Å². The molecule has 0 aliphatic rings. The number of nitrogens with zero attached hydrogens (tertiary/aromatic N) is 1. The van der Waals surface area contributed by atoms with Gasteiger partial charge < -0.3 is 0 Å². The standard InChI is InChI=1S/C10H10BrNS/c1-13-10-7-8(3-2-6-12)4-5-9(10)11/h4-5,7H,2-3H2,1H3. The van der Waals surface area contributed by atoms with E-state index in [1.54, 1.807) is 11.8 Å². The molecule has 0 amide bonds. The van der Waals surface area contributed by atoms with Crippen LogP contribution in [0.5, 0.6) is 0 Å². The van der Waals surface area contributed by atoms with Crippen LogP contribution in [0.15, 0.2) is 27.6 Å². The van der Waals surface area contributed by atoms with Crippen LogP contribution in [-0.4, -0.2) is 6.26 Å². The van der Waals surface area contributed by atoms with Gasteiger partial charge in [0.05, 0.1) is 6.07 Å². The van der Waals surface area contributed by atoms with Gasteiger partial charge in [0.1, 0.15) is 0 Å². The van der Waals surface area contributed by atoms with Crippen LogP contribution in [0.3, 0.4) is 0 Å². The fraction of sp³-hybridized carbons (Fsp3) is 0.300. The molecular formula is C10H10BrNS. The highest BCUT2D eigenvalue weighted by atomic mass is 79.9. The molecule has 68 valence electrons. The second kappa shape index (κ2) is 5.31. The Labute approximate surface area is 91.3 Å². The lowest BCUT2D eigenvalue weighted by Crippen LogP contribution is -1.84. The first-order valence-corrected chi connectivity index (χ1v) is 5.99. The minimum Gasteiger partial charge on any atom is -0.198 e. The maximum atomic E-state index is 8.44. The zero-order chi connectivity index (χ0) is 9.68. The number of benzene rings is 1. The molecule has 0 fully saturated rings. The number of halogens is 1. The van der Waals surface area contributed by atoms with Crippen molar-refractivity contribution < 1.29 is 0 Å². The van der Waals surface area contributed by atoms with Crippen molar-refractivity contribution in [2.45, 2.75) is 17.7 Å². The molecule has 0 bridgehead atoms. The molecule has 1 aromatic rings. The van der Waals surface area contributed by atoms with Crippen molar-refractivity contribution in [1.82, 2.24) is 0 Å². The molecule has 0 aliphatic heterocycles. The monoisotopic (exact) mass is 255 g/mol. The van der Waals surface area contributed by atoms with E-state index in [2.05, 4.69) is 34.1 Å². The smallest absolute Gasteiger partial charge is 0.0625 e. The molecule has 0 spiro atoms. The minimum atomic E-state index is 0.593. The van der Waals surface area contributed by atoms with Crippen molar-refractivity contribution in [3.8, 4) is 6.07 Å². The Balaban J connectivity index is 2.81. The number of rotatable bonds is 3. The summed E-state index contributed by atoms with van der Waals surface area (Å²) in [5, 5.41) is 8.44. The molecule has 13 heavy (non-hydrogen) atoms. The number of thioether (sulfide) groups is 1. The number of aryl methyl sites for hydroxylation is 1. The summed E-state index contributed by atoms with van der Waals surface area (Å²) < 4.78 is 1.13. The van der Waals surface area contributed by atoms with E-state index in [0.29, 0.717) is 6.42 Å². The van der Waals surface area contributed by atoms with Crippen LogP contribution in [0.2, 0.25) is 0 Å². The Morgan fingerprint density at radius 1 is 1.54 bits per heavy atom. The summed E-state index contributed by atoms with van der Waals surface area (Å²) in [7, 11) is 0. The van der Waals surface area contributed by atoms with E-state index in [4.69, 9.17) is 5.26 Å². The third-order valence-electron chi connectivity index (χ3n) is 1.74. The molecule has 0 unspecified atom stereocenters. The summed E-state index contributed by atoms with van der Waals surface area (Å²) in [4.78, 5) is 1.23. The predicted octanol–water partition coefficient (Wildman–Crippen LogP) is 3.63. The van der Waals surface area contributed by atoms with E-state index >= 15 is 0 Å². The van der Waals surface area contributed by atoms with Gasteiger partial charge in [0.25, 0.3) is 0 Å². The number of hydrogen-bond acceptors (Lipinski definition) is 2. The molecule has 0 atom stereocenters. The zero-order valence-corrected chi connectivity index (χ0v) is 9.78. The van der Waals surface area contributed by atoms with Crippen molar-refractivity contribution in [2.24, 2.45) is 0 Å². The molecule has 3 heteroatoms. The third-order valence-corrected chi connectivity index (χ3v) is 3.47. The highest BCUT2D eigenvalue weighted by Crippen LogP contribution is 2.26. The Hall–Kier alpha value is -0.460. The molecule has 1 rings (SSSR count). The number of nitriles is 1. The van der Waals surface area contributed by atoms with E-state index in [9.17, 15) is 0 Å². The van der Waals surface area contributed by atoms with E-state index in [-0.39, 0.29) is 0 Å². The van der Waals surface area contributed by atoms with Gasteiger partial charge in [-0.2, -0.15) is 5.26 Å². The third kappa shape index (κ3) is 3.06. The maximum absolute atomic E-state index is 8.44. The second-order valence-electron chi connectivity index (χ2n) is 2.63. The van der Waals surface area contributed by atoms with Gasteiger partial charge in [-0.05, 0) is 46.3 Å². The second-order valence-corrected chi connectivity index (χ2v) is 4.33. The number of hydrogen-bond donors (Lipinski definition) is 0. The van der Waals surface area contributed by atoms with Crippen molar-refractivity contribution in [3.63, 3.8) is 0 Å². The van der Waals surface area contributed by atoms with Gasteiger partial charge >= 0.3 is 0 Å². The molecule has 0 heterocycles. The fourth-order valence-corrected chi connectivity index (χ4v) is 2.32. The molecule has 0 radical (unpaired) electrons. The minimum absolute atomic E-state index is 0.593. The Morgan fingerprint density at radius 2 is 2.31 bits per heavy atom. The quantitative estimate of drug-likeness (QED) is 0.771. The first-order chi connectivity index (χ1) is 6.27. The molecular weight excluding hydrogens is 246 g/mol.